The average molecular weight is 380 g/mol. The fourth-order valence-corrected chi connectivity index (χ4v) is 2.85. The van der Waals surface area contributed by atoms with Crippen LogP contribution < -0.4 is 19.5 Å². The van der Waals surface area contributed by atoms with Crippen molar-refractivity contribution in [1.29, 1.82) is 0 Å². The Balaban J connectivity index is 1.35. The first-order valence-corrected chi connectivity index (χ1v) is 8.85. The van der Waals surface area contributed by atoms with Gasteiger partial charge < -0.3 is 19.5 Å². The minimum atomic E-state index is -0.658. The average Bonchev–Trinajstić information content (AvgIpc) is 3.34. The van der Waals surface area contributed by atoms with E-state index < -0.39 is 6.10 Å². The summed E-state index contributed by atoms with van der Waals surface area (Å²) in [5.74, 6) is 1.62. The van der Waals surface area contributed by atoms with E-state index in [4.69, 9.17) is 14.2 Å². The number of rotatable bonds is 6. The first-order chi connectivity index (χ1) is 13.6. The number of hydrogen-bond acceptors (Lipinski definition) is 6. The monoisotopic (exact) mass is 380 g/mol. The number of nitrogens with zero attached hydrogens (tertiary/aromatic N) is 3. The molecule has 0 aliphatic carbocycles. The van der Waals surface area contributed by atoms with Crippen LogP contribution >= 0.6 is 0 Å². The van der Waals surface area contributed by atoms with Gasteiger partial charge in [0, 0.05) is 49.4 Å². The summed E-state index contributed by atoms with van der Waals surface area (Å²) in [7, 11) is 1.86. The van der Waals surface area contributed by atoms with Gasteiger partial charge in [0.2, 0.25) is 6.79 Å². The molecule has 1 N–H and O–H groups in total. The summed E-state index contributed by atoms with van der Waals surface area (Å²) in [6.07, 6.45) is 6.54. The van der Waals surface area contributed by atoms with E-state index in [1.54, 1.807) is 48.4 Å². The molecule has 8 nitrogen and oxygen atoms in total. The van der Waals surface area contributed by atoms with Gasteiger partial charge in [-0.1, -0.05) is 0 Å². The summed E-state index contributed by atoms with van der Waals surface area (Å²) >= 11 is 0. The van der Waals surface area contributed by atoms with Crippen molar-refractivity contribution in [2.45, 2.75) is 19.6 Å². The van der Waals surface area contributed by atoms with E-state index in [9.17, 15) is 4.79 Å². The summed E-state index contributed by atoms with van der Waals surface area (Å²) in [5.41, 5.74) is 2.82. The Bertz CT molecular complexity index is 1000. The lowest BCUT2D eigenvalue weighted by Crippen LogP contribution is -2.35. The molecule has 0 saturated carbocycles. The van der Waals surface area contributed by atoms with Crippen molar-refractivity contribution in [2.24, 2.45) is 7.05 Å². The molecule has 28 heavy (non-hydrogen) atoms. The standard InChI is InChI=1S/C20H20N4O4/c1-13(28-17-3-4-18-19(6-17)27-12-26-18)20(25)22-8-14-5-15(9-21-7-14)16-10-23-24(2)11-16/h3-7,9-11,13H,8,12H2,1-2H3,(H,22,25)/t13-/m1/s1. The van der Waals surface area contributed by atoms with Crippen LogP contribution in [0.5, 0.6) is 17.2 Å². The number of amides is 1. The van der Waals surface area contributed by atoms with Crippen molar-refractivity contribution in [3.8, 4) is 28.4 Å². The van der Waals surface area contributed by atoms with Crippen LogP contribution in [-0.2, 0) is 18.4 Å². The summed E-state index contributed by atoms with van der Waals surface area (Å²) < 4.78 is 18.0. The molecule has 0 spiro atoms. The van der Waals surface area contributed by atoms with Gasteiger partial charge in [-0.15, -0.1) is 0 Å². The van der Waals surface area contributed by atoms with Gasteiger partial charge in [0.1, 0.15) is 5.75 Å². The van der Waals surface area contributed by atoms with Crippen LogP contribution in [0.3, 0.4) is 0 Å². The second-order valence-electron chi connectivity index (χ2n) is 6.48. The van der Waals surface area contributed by atoms with Crippen molar-refractivity contribution < 1.29 is 19.0 Å². The molecule has 1 aliphatic rings. The molecule has 0 radical (unpaired) electrons. The molecular formula is C20H20N4O4. The Morgan fingerprint density at radius 1 is 1.21 bits per heavy atom. The largest absolute Gasteiger partial charge is 0.481 e. The third-order valence-corrected chi connectivity index (χ3v) is 4.33. The topological polar surface area (TPSA) is 87.5 Å². The third-order valence-electron chi connectivity index (χ3n) is 4.33. The van der Waals surface area contributed by atoms with E-state index in [1.165, 1.54) is 0 Å². The van der Waals surface area contributed by atoms with Crippen LogP contribution in [0, 0.1) is 0 Å². The maximum atomic E-state index is 12.4. The Kier molecular flexibility index (Phi) is 4.84. The van der Waals surface area contributed by atoms with Crippen molar-refractivity contribution in [3.05, 3.63) is 54.6 Å². The second-order valence-corrected chi connectivity index (χ2v) is 6.48. The Labute approximate surface area is 162 Å². The van der Waals surface area contributed by atoms with Crippen molar-refractivity contribution in [2.75, 3.05) is 6.79 Å². The van der Waals surface area contributed by atoms with Gasteiger partial charge >= 0.3 is 0 Å². The summed E-state index contributed by atoms with van der Waals surface area (Å²) in [6, 6.07) is 7.21. The van der Waals surface area contributed by atoms with E-state index in [2.05, 4.69) is 15.4 Å². The molecule has 0 bridgehead atoms. The number of aromatic nitrogens is 3. The van der Waals surface area contributed by atoms with E-state index >= 15 is 0 Å². The third kappa shape index (κ3) is 3.90. The molecule has 0 fully saturated rings. The molecule has 1 atom stereocenters. The van der Waals surface area contributed by atoms with Gasteiger partial charge in [-0.05, 0) is 30.7 Å². The Morgan fingerprint density at radius 3 is 2.89 bits per heavy atom. The first-order valence-electron chi connectivity index (χ1n) is 8.85. The van der Waals surface area contributed by atoms with Crippen LogP contribution in [-0.4, -0.2) is 33.6 Å². The van der Waals surface area contributed by atoms with Crippen LogP contribution in [0.4, 0.5) is 0 Å². The van der Waals surface area contributed by atoms with E-state index in [0.29, 0.717) is 23.8 Å². The zero-order chi connectivity index (χ0) is 19.5. The highest BCUT2D eigenvalue weighted by Gasteiger charge is 2.18. The molecule has 0 unspecified atom stereocenters. The maximum absolute atomic E-state index is 12.4. The summed E-state index contributed by atoms with van der Waals surface area (Å²) in [4.78, 5) is 16.6. The predicted molar refractivity (Wildman–Crippen MR) is 101 cm³/mol. The van der Waals surface area contributed by atoms with E-state index in [-0.39, 0.29) is 12.7 Å². The number of carbonyl (C=O) groups is 1. The Hall–Kier alpha value is -3.55. The number of hydrogen-bond donors (Lipinski definition) is 1. The molecule has 4 rings (SSSR count). The zero-order valence-corrected chi connectivity index (χ0v) is 15.6. The van der Waals surface area contributed by atoms with Gasteiger partial charge in [-0.2, -0.15) is 5.10 Å². The highest BCUT2D eigenvalue weighted by Crippen LogP contribution is 2.35. The van der Waals surface area contributed by atoms with Gasteiger partial charge in [0.05, 0.1) is 6.20 Å². The highest BCUT2D eigenvalue weighted by atomic mass is 16.7. The molecule has 2 aromatic heterocycles. The van der Waals surface area contributed by atoms with Crippen molar-refractivity contribution >= 4 is 5.91 Å². The lowest BCUT2D eigenvalue weighted by atomic mass is 10.1. The summed E-state index contributed by atoms with van der Waals surface area (Å²) in [5, 5.41) is 7.04. The van der Waals surface area contributed by atoms with E-state index in [1.807, 2.05) is 19.3 Å². The number of pyridine rings is 1. The van der Waals surface area contributed by atoms with Gasteiger partial charge in [-0.3, -0.25) is 14.5 Å². The van der Waals surface area contributed by atoms with Crippen molar-refractivity contribution in [3.63, 3.8) is 0 Å². The quantitative estimate of drug-likeness (QED) is 0.706. The predicted octanol–water partition coefficient (Wildman–Crippen LogP) is 2.29. The lowest BCUT2D eigenvalue weighted by molar-refractivity contribution is -0.127. The molecule has 1 aliphatic heterocycles. The van der Waals surface area contributed by atoms with Crippen LogP contribution in [0.2, 0.25) is 0 Å². The SMILES string of the molecule is C[C@@H](Oc1ccc2c(c1)OCO2)C(=O)NCc1cncc(-c2cnn(C)c2)c1. The number of benzene rings is 1. The molecule has 3 heterocycles. The van der Waals surface area contributed by atoms with Crippen LogP contribution in [0.25, 0.3) is 11.1 Å². The van der Waals surface area contributed by atoms with Crippen LogP contribution in [0.1, 0.15) is 12.5 Å². The number of nitrogens with one attached hydrogen (secondary N) is 1. The minimum Gasteiger partial charge on any atom is -0.481 e. The molecular weight excluding hydrogens is 360 g/mol. The Morgan fingerprint density at radius 2 is 2.07 bits per heavy atom. The van der Waals surface area contributed by atoms with Gasteiger partial charge in [0.15, 0.2) is 17.6 Å². The zero-order valence-electron chi connectivity index (χ0n) is 15.6. The minimum absolute atomic E-state index is 0.195. The molecule has 0 saturated heterocycles. The van der Waals surface area contributed by atoms with Gasteiger partial charge in [-0.25, -0.2) is 0 Å². The molecule has 3 aromatic rings. The van der Waals surface area contributed by atoms with E-state index in [0.717, 1.165) is 16.7 Å². The number of ether oxygens (including phenoxy) is 3. The molecule has 1 amide bonds. The number of fused-ring (bicyclic) bond motifs is 1. The van der Waals surface area contributed by atoms with Gasteiger partial charge in [0.25, 0.3) is 5.91 Å². The number of carbonyl (C=O) groups excluding carboxylic acids is 1. The smallest absolute Gasteiger partial charge is 0.261 e. The van der Waals surface area contributed by atoms with Crippen LogP contribution in [0.15, 0.2) is 49.1 Å². The summed E-state index contributed by atoms with van der Waals surface area (Å²) in [6.45, 7) is 2.25. The fraction of sp³-hybridized carbons (Fsp3) is 0.250. The fourth-order valence-electron chi connectivity index (χ4n) is 2.85. The first kappa shape index (κ1) is 17.8. The molecule has 1 aromatic carbocycles. The molecule has 8 heteroatoms. The second kappa shape index (κ2) is 7.59. The maximum Gasteiger partial charge on any atom is 0.261 e. The van der Waals surface area contributed by atoms with Crippen molar-refractivity contribution in [1.82, 2.24) is 20.1 Å². The number of aryl methyl sites for hydroxylation is 1. The molecule has 144 valence electrons. The normalized spacial score (nSPS) is 13.2. The lowest BCUT2D eigenvalue weighted by Gasteiger charge is -2.15. The highest BCUT2D eigenvalue weighted by molar-refractivity contribution is 5.80.